The van der Waals surface area contributed by atoms with Crippen molar-refractivity contribution in [3.05, 3.63) is 0 Å². The molecule has 1 saturated heterocycles. The second-order valence-electron chi connectivity index (χ2n) is 8.38. The number of carbonyl (C=O) groups is 4. The van der Waals surface area contributed by atoms with Gasteiger partial charge in [-0.3, -0.25) is 14.4 Å². The fourth-order valence-electron chi connectivity index (χ4n) is 3.39. The maximum atomic E-state index is 13.0. The molecule has 0 saturated carbocycles. The average Bonchev–Trinajstić information content (AvgIpc) is 3.17. The Morgan fingerprint density at radius 3 is 2.13 bits per heavy atom. The van der Waals surface area contributed by atoms with Crippen molar-refractivity contribution in [1.29, 1.82) is 0 Å². The zero-order valence-corrected chi connectivity index (χ0v) is 19.3. The van der Waals surface area contributed by atoms with Crippen molar-refractivity contribution >= 4 is 35.5 Å². The minimum atomic E-state index is -1.04. The number of aliphatic carboxylic acids is 1. The van der Waals surface area contributed by atoms with Crippen molar-refractivity contribution in [2.45, 2.75) is 71.1 Å². The highest BCUT2D eigenvalue weighted by Gasteiger charge is 2.39. The first-order valence-corrected chi connectivity index (χ1v) is 11.8. The van der Waals surface area contributed by atoms with E-state index in [2.05, 4.69) is 10.6 Å². The molecule has 0 aromatic carbocycles. The SMILES string of the molecule is CSCCC(N)C(=O)NC(C(=O)NC(C(=O)N1CCCC1C(=O)O)C(C)C)C(C)C. The lowest BCUT2D eigenvalue weighted by Crippen LogP contribution is -2.59. The Labute approximate surface area is 182 Å². The normalized spacial score (nSPS) is 19.5. The van der Waals surface area contributed by atoms with E-state index in [1.165, 1.54) is 4.90 Å². The zero-order chi connectivity index (χ0) is 23.0. The molecule has 0 bridgehead atoms. The molecule has 30 heavy (non-hydrogen) atoms. The van der Waals surface area contributed by atoms with Crippen molar-refractivity contribution in [1.82, 2.24) is 15.5 Å². The van der Waals surface area contributed by atoms with E-state index in [9.17, 15) is 24.3 Å². The van der Waals surface area contributed by atoms with E-state index in [1.54, 1.807) is 39.5 Å². The number of amides is 3. The number of nitrogens with one attached hydrogen (secondary N) is 2. The number of carboxylic acids is 1. The predicted octanol–water partition coefficient (Wildman–Crippen LogP) is 0.424. The molecule has 4 unspecified atom stereocenters. The van der Waals surface area contributed by atoms with Gasteiger partial charge in [0.2, 0.25) is 17.7 Å². The van der Waals surface area contributed by atoms with Gasteiger partial charge in [0.1, 0.15) is 18.1 Å². The average molecular weight is 445 g/mol. The van der Waals surface area contributed by atoms with E-state index >= 15 is 0 Å². The number of hydrogen-bond donors (Lipinski definition) is 4. The highest BCUT2D eigenvalue weighted by molar-refractivity contribution is 7.98. The summed E-state index contributed by atoms with van der Waals surface area (Å²) in [6, 6.07) is -3.30. The molecule has 4 atom stereocenters. The van der Waals surface area contributed by atoms with Gasteiger partial charge in [-0.25, -0.2) is 4.79 Å². The summed E-state index contributed by atoms with van der Waals surface area (Å²) < 4.78 is 0. The van der Waals surface area contributed by atoms with Crippen molar-refractivity contribution in [2.24, 2.45) is 17.6 Å². The number of thioether (sulfide) groups is 1. The van der Waals surface area contributed by atoms with Crippen LogP contribution in [0.25, 0.3) is 0 Å². The van der Waals surface area contributed by atoms with Gasteiger partial charge < -0.3 is 26.4 Å². The Kier molecular flexibility index (Phi) is 10.6. The number of carboxylic acid groups (broad SMARTS) is 1. The summed E-state index contributed by atoms with van der Waals surface area (Å²) in [5.41, 5.74) is 5.90. The van der Waals surface area contributed by atoms with Gasteiger partial charge in [0.05, 0.1) is 6.04 Å². The largest absolute Gasteiger partial charge is 0.480 e. The molecular weight excluding hydrogens is 408 g/mol. The first kappa shape index (κ1) is 26.2. The van der Waals surface area contributed by atoms with Crippen LogP contribution in [0, 0.1) is 11.8 Å². The first-order chi connectivity index (χ1) is 14.0. The van der Waals surface area contributed by atoms with Gasteiger partial charge in [-0.15, -0.1) is 0 Å². The second-order valence-corrected chi connectivity index (χ2v) is 9.36. The second kappa shape index (κ2) is 12.1. The fourth-order valence-corrected chi connectivity index (χ4v) is 3.88. The van der Waals surface area contributed by atoms with E-state index < -0.39 is 47.9 Å². The minimum absolute atomic E-state index is 0.219. The van der Waals surface area contributed by atoms with Crippen LogP contribution in [0.4, 0.5) is 0 Å². The molecule has 1 rings (SSSR count). The van der Waals surface area contributed by atoms with Crippen LogP contribution in [-0.4, -0.2) is 76.4 Å². The van der Waals surface area contributed by atoms with Crippen LogP contribution in [0.15, 0.2) is 0 Å². The maximum Gasteiger partial charge on any atom is 0.326 e. The molecule has 0 aromatic rings. The quantitative estimate of drug-likeness (QED) is 0.362. The van der Waals surface area contributed by atoms with Gasteiger partial charge in [0.15, 0.2) is 0 Å². The molecule has 9 nitrogen and oxygen atoms in total. The third-order valence-corrected chi connectivity index (χ3v) is 5.91. The number of carbonyl (C=O) groups excluding carboxylic acids is 3. The Morgan fingerprint density at radius 2 is 1.63 bits per heavy atom. The van der Waals surface area contributed by atoms with E-state index in [4.69, 9.17) is 5.73 Å². The molecule has 1 fully saturated rings. The van der Waals surface area contributed by atoms with Gasteiger partial charge in [-0.05, 0) is 43.1 Å². The third-order valence-electron chi connectivity index (χ3n) is 5.27. The molecule has 0 aliphatic carbocycles. The highest BCUT2D eigenvalue weighted by atomic mass is 32.2. The fraction of sp³-hybridized carbons (Fsp3) is 0.800. The monoisotopic (exact) mass is 444 g/mol. The zero-order valence-electron chi connectivity index (χ0n) is 18.5. The third kappa shape index (κ3) is 7.16. The molecular formula is C20H36N4O5S. The van der Waals surface area contributed by atoms with E-state index in [1.807, 2.05) is 6.26 Å². The molecule has 0 spiro atoms. The van der Waals surface area contributed by atoms with Gasteiger partial charge in [-0.1, -0.05) is 27.7 Å². The Balaban J connectivity index is 2.89. The summed E-state index contributed by atoms with van der Waals surface area (Å²) >= 11 is 1.58. The van der Waals surface area contributed by atoms with Crippen LogP contribution in [0.5, 0.6) is 0 Å². The van der Waals surface area contributed by atoms with Gasteiger partial charge >= 0.3 is 5.97 Å². The lowest BCUT2D eigenvalue weighted by Gasteiger charge is -2.31. The summed E-state index contributed by atoms with van der Waals surface area (Å²) in [7, 11) is 0. The van der Waals surface area contributed by atoms with Gasteiger partial charge in [0.25, 0.3) is 0 Å². The van der Waals surface area contributed by atoms with E-state index in [0.29, 0.717) is 25.8 Å². The summed E-state index contributed by atoms with van der Waals surface area (Å²) in [4.78, 5) is 51.1. The lowest BCUT2D eigenvalue weighted by atomic mass is 9.98. The van der Waals surface area contributed by atoms with Crippen LogP contribution >= 0.6 is 11.8 Å². The highest BCUT2D eigenvalue weighted by Crippen LogP contribution is 2.20. The molecule has 0 radical (unpaired) electrons. The van der Waals surface area contributed by atoms with Crippen LogP contribution in [0.2, 0.25) is 0 Å². The summed E-state index contributed by atoms with van der Waals surface area (Å²) in [6.45, 7) is 7.52. The number of rotatable bonds is 11. The first-order valence-electron chi connectivity index (χ1n) is 10.4. The van der Waals surface area contributed by atoms with Gasteiger partial charge in [0, 0.05) is 6.54 Å². The van der Waals surface area contributed by atoms with Gasteiger partial charge in [-0.2, -0.15) is 11.8 Å². The topological polar surface area (TPSA) is 142 Å². The van der Waals surface area contributed by atoms with Crippen LogP contribution in [0.3, 0.4) is 0 Å². The number of nitrogens with two attached hydrogens (primary N) is 1. The molecule has 1 aliphatic heterocycles. The molecule has 1 heterocycles. The standard InChI is InChI=1S/C20H36N4O5S/c1-11(2)15(22-17(25)13(21)8-10-30-5)18(26)23-16(12(3)4)19(27)24-9-6-7-14(24)20(28)29/h11-16H,6-10,21H2,1-5H3,(H,22,25)(H,23,26)(H,28,29). The van der Waals surface area contributed by atoms with Crippen molar-refractivity contribution in [3.63, 3.8) is 0 Å². The molecule has 5 N–H and O–H groups in total. The van der Waals surface area contributed by atoms with E-state index in [-0.39, 0.29) is 11.8 Å². The van der Waals surface area contributed by atoms with Crippen molar-refractivity contribution in [3.8, 4) is 0 Å². The number of hydrogen-bond acceptors (Lipinski definition) is 6. The Hall–Kier alpha value is -1.81. The lowest BCUT2D eigenvalue weighted by molar-refractivity contribution is -0.150. The Bertz CT molecular complexity index is 628. The summed E-state index contributed by atoms with van der Waals surface area (Å²) in [5.74, 6) is -2.07. The van der Waals surface area contributed by atoms with Crippen LogP contribution < -0.4 is 16.4 Å². The van der Waals surface area contributed by atoms with Crippen molar-refractivity contribution < 1.29 is 24.3 Å². The number of nitrogens with zero attached hydrogens (tertiary/aromatic N) is 1. The molecule has 172 valence electrons. The molecule has 10 heteroatoms. The molecule has 3 amide bonds. The molecule has 0 aromatic heterocycles. The Morgan fingerprint density at radius 1 is 1.07 bits per heavy atom. The number of likely N-dealkylation sites (tertiary alicyclic amines) is 1. The summed E-state index contributed by atoms with van der Waals surface area (Å²) in [5, 5.41) is 14.8. The van der Waals surface area contributed by atoms with Crippen molar-refractivity contribution in [2.75, 3.05) is 18.6 Å². The van der Waals surface area contributed by atoms with Crippen LogP contribution in [0.1, 0.15) is 47.0 Å². The van der Waals surface area contributed by atoms with Crippen LogP contribution in [-0.2, 0) is 19.2 Å². The summed E-state index contributed by atoms with van der Waals surface area (Å²) in [6.07, 6.45) is 3.43. The maximum absolute atomic E-state index is 13.0. The smallest absolute Gasteiger partial charge is 0.326 e. The minimum Gasteiger partial charge on any atom is -0.480 e. The molecule has 1 aliphatic rings. The predicted molar refractivity (Wildman–Crippen MR) is 117 cm³/mol. The van der Waals surface area contributed by atoms with E-state index in [0.717, 1.165) is 5.75 Å².